The van der Waals surface area contributed by atoms with Gasteiger partial charge in [-0.15, -0.1) is 11.8 Å². The van der Waals surface area contributed by atoms with Gasteiger partial charge in [0.15, 0.2) is 0 Å². The van der Waals surface area contributed by atoms with Gasteiger partial charge in [-0.05, 0) is 12.1 Å². The Kier molecular flexibility index (Phi) is 4.99. The first kappa shape index (κ1) is 15.2. The Morgan fingerprint density at radius 3 is 2.50 bits per heavy atom. The number of hydrogen-bond acceptors (Lipinski definition) is 3. The molecule has 0 aliphatic heterocycles. The zero-order valence-electron chi connectivity index (χ0n) is 10.2. The second kappa shape index (κ2) is 5.89. The van der Waals surface area contributed by atoms with Crippen molar-refractivity contribution in [2.75, 3.05) is 7.11 Å². The van der Waals surface area contributed by atoms with E-state index in [0.717, 1.165) is 13.2 Å². The number of halogens is 3. The summed E-state index contributed by atoms with van der Waals surface area (Å²) < 4.78 is 31.2. The fourth-order valence-electron chi connectivity index (χ4n) is 1.29. The first-order valence-corrected chi connectivity index (χ1v) is 6.47. The third kappa shape index (κ3) is 3.36. The zero-order chi connectivity index (χ0) is 13.9. The molecule has 1 aromatic rings. The Bertz CT molecular complexity index is 450. The summed E-state index contributed by atoms with van der Waals surface area (Å²) in [7, 11) is 0.917. The van der Waals surface area contributed by atoms with Gasteiger partial charge < -0.3 is 4.74 Å². The van der Waals surface area contributed by atoms with Crippen LogP contribution >= 0.6 is 23.4 Å². The van der Waals surface area contributed by atoms with E-state index in [2.05, 4.69) is 4.74 Å². The normalized spacial score (nSPS) is 11.7. The van der Waals surface area contributed by atoms with Crippen molar-refractivity contribution in [1.29, 1.82) is 0 Å². The number of esters is 1. The summed E-state index contributed by atoms with van der Waals surface area (Å²) in [5, 5.41) is 0.490. The molecule has 0 spiro atoms. The number of methoxy groups -OCH3 is 1. The number of ether oxygens (including phenoxy) is 1. The first-order chi connectivity index (χ1) is 8.28. The molecule has 0 aromatic heterocycles. The smallest absolute Gasteiger partial charge is 0.381 e. The summed E-state index contributed by atoms with van der Waals surface area (Å²) in [5.41, 5.74) is -0.465. The molecule has 0 aliphatic carbocycles. The van der Waals surface area contributed by atoms with Crippen LogP contribution in [0.5, 0.6) is 0 Å². The summed E-state index contributed by atoms with van der Waals surface area (Å²) in [5.74, 6) is -5.28. The molecular weight excluding hydrogens is 282 g/mol. The van der Waals surface area contributed by atoms with Crippen molar-refractivity contribution >= 4 is 29.3 Å². The van der Waals surface area contributed by atoms with Crippen molar-refractivity contribution in [2.24, 2.45) is 0 Å². The van der Waals surface area contributed by atoms with E-state index in [4.69, 9.17) is 11.6 Å². The highest BCUT2D eigenvalue weighted by molar-refractivity contribution is 8.00. The average molecular weight is 295 g/mol. The molecule has 0 unspecified atom stereocenters. The minimum Gasteiger partial charge on any atom is -0.464 e. The molecule has 0 N–H and O–H groups in total. The van der Waals surface area contributed by atoms with E-state index in [1.807, 2.05) is 13.8 Å². The molecule has 0 aliphatic rings. The van der Waals surface area contributed by atoms with Gasteiger partial charge in [0.1, 0.15) is 0 Å². The molecule has 1 aromatic carbocycles. The number of hydrogen-bond donors (Lipinski definition) is 0. The van der Waals surface area contributed by atoms with Crippen LogP contribution < -0.4 is 0 Å². The van der Waals surface area contributed by atoms with E-state index in [1.165, 1.54) is 23.9 Å². The van der Waals surface area contributed by atoms with Crippen LogP contribution in [0.4, 0.5) is 8.78 Å². The van der Waals surface area contributed by atoms with Crippen LogP contribution in [-0.2, 0) is 15.5 Å². The van der Waals surface area contributed by atoms with Gasteiger partial charge in [-0.25, -0.2) is 4.79 Å². The Morgan fingerprint density at radius 1 is 1.44 bits per heavy atom. The molecule has 100 valence electrons. The van der Waals surface area contributed by atoms with E-state index in [-0.39, 0.29) is 10.3 Å². The van der Waals surface area contributed by atoms with Gasteiger partial charge >= 0.3 is 11.9 Å². The molecule has 18 heavy (non-hydrogen) atoms. The molecule has 0 fully saturated rings. The van der Waals surface area contributed by atoms with Crippen molar-refractivity contribution < 1.29 is 18.3 Å². The van der Waals surface area contributed by atoms with Crippen molar-refractivity contribution in [2.45, 2.75) is 29.9 Å². The van der Waals surface area contributed by atoms with Gasteiger partial charge in [0.25, 0.3) is 0 Å². The fourth-order valence-corrected chi connectivity index (χ4v) is 2.43. The van der Waals surface area contributed by atoms with Crippen LogP contribution in [0.3, 0.4) is 0 Å². The number of thioether (sulfide) groups is 1. The monoisotopic (exact) mass is 294 g/mol. The Morgan fingerprint density at radius 2 is 2.06 bits per heavy atom. The lowest BCUT2D eigenvalue weighted by atomic mass is 10.1. The van der Waals surface area contributed by atoms with Crippen molar-refractivity contribution in [3.63, 3.8) is 0 Å². The summed E-state index contributed by atoms with van der Waals surface area (Å²) >= 11 is 7.39. The summed E-state index contributed by atoms with van der Waals surface area (Å²) in [4.78, 5) is 11.7. The molecule has 2 nitrogen and oxygen atoms in total. The zero-order valence-corrected chi connectivity index (χ0v) is 11.7. The van der Waals surface area contributed by atoms with E-state index >= 15 is 0 Å². The molecular formula is C12H13ClF2O2S. The summed E-state index contributed by atoms with van der Waals surface area (Å²) in [6.45, 7) is 3.94. The predicted molar refractivity (Wildman–Crippen MR) is 68.4 cm³/mol. The molecule has 0 bridgehead atoms. The van der Waals surface area contributed by atoms with Crippen LogP contribution in [0, 0.1) is 0 Å². The number of alkyl halides is 2. The second-order valence-corrected chi connectivity index (χ2v) is 5.90. The van der Waals surface area contributed by atoms with E-state index < -0.39 is 17.5 Å². The molecule has 0 radical (unpaired) electrons. The quantitative estimate of drug-likeness (QED) is 0.617. The van der Waals surface area contributed by atoms with Crippen molar-refractivity contribution in [3.8, 4) is 0 Å². The van der Waals surface area contributed by atoms with Gasteiger partial charge in [0, 0.05) is 15.7 Å². The van der Waals surface area contributed by atoms with Crippen LogP contribution in [0.2, 0.25) is 5.02 Å². The molecule has 6 heteroatoms. The van der Waals surface area contributed by atoms with Gasteiger partial charge in [-0.1, -0.05) is 31.5 Å². The standard InChI is InChI=1S/C12H13ClF2O2S/c1-7(2)18-10-5-4-8(6-9(10)13)12(14,15)11(16)17-3/h4-7H,1-3H3. The van der Waals surface area contributed by atoms with Gasteiger partial charge in [0.05, 0.1) is 12.1 Å². The van der Waals surface area contributed by atoms with Gasteiger partial charge in [-0.3, -0.25) is 0 Å². The van der Waals surface area contributed by atoms with E-state index in [9.17, 15) is 13.6 Å². The van der Waals surface area contributed by atoms with Crippen LogP contribution in [0.15, 0.2) is 23.1 Å². The minimum absolute atomic E-state index is 0.203. The Labute approximate surface area is 114 Å². The molecule has 0 heterocycles. The Hall–Kier alpha value is -0.810. The van der Waals surface area contributed by atoms with Crippen molar-refractivity contribution in [3.05, 3.63) is 28.8 Å². The first-order valence-electron chi connectivity index (χ1n) is 5.22. The van der Waals surface area contributed by atoms with Gasteiger partial charge in [-0.2, -0.15) is 8.78 Å². The topological polar surface area (TPSA) is 26.3 Å². The highest BCUT2D eigenvalue weighted by Crippen LogP contribution is 2.36. The molecule has 0 amide bonds. The lowest BCUT2D eigenvalue weighted by Crippen LogP contribution is -2.27. The second-order valence-electron chi connectivity index (χ2n) is 3.88. The lowest BCUT2D eigenvalue weighted by Gasteiger charge is -2.15. The number of benzene rings is 1. The summed E-state index contributed by atoms with van der Waals surface area (Å²) in [6, 6.07) is 3.77. The molecule has 0 atom stereocenters. The summed E-state index contributed by atoms with van der Waals surface area (Å²) in [6.07, 6.45) is 0. The number of carbonyl (C=O) groups is 1. The maximum Gasteiger partial charge on any atom is 0.381 e. The fraction of sp³-hybridized carbons (Fsp3) is 0.417. The van der Waals surface area contributed by atoms with E-state index in [1.54, 1.807) is 0 Å². The third-order valence-corrected chi connectivity index (χ3v) is 3.60. The largest absolute Gasteiger partial charge is 0.464 e. The van der Waals surface area contributed by atoms with Gasteiger partial charge in [0.2, 0.25) is 0 Å². The minimum atomic E-state index is -3.68. The average Bonchev–Trinajstić information content (AvgIpc) is 2.29. The lowest BCUT2D eigenvalue weighted by molar-refractivity contribution is -0.170. The molecule has 1 rings (SSSR count). The predicted octanol–water partition coefficient (Wildman–Crippen LogP) is 4.11. The maximum absolute atomic E-state index is 13.6. The van der Waals surface area contributed by atoms with Crippen LogP contribution in [0.25, 0.3) is 0 Å². The Balaban J connectivity index is 3.07. The highest BCUT2D eigenvalue weighted by atomic mass is 35.5. The van der Waals surface area contributed by atoms with Crippen LogP contribution in [0.1, 0.15) is 19.4 Å². The molecule has 0 saturated heterocycles. The highest BCUT2D eigenvalue weighted by Gasteiger charge is 2.42. The van der Waals surface area contributed by atoms with Crippen molar-refractivity contribution in [1.82, 2.24) is 0 Å². The van der Waals surface area contributed by atoms with E-state index in [0.29, 0.717) is 4.90 Å². The van der Waals surface area contributed by atoms with Crippen LogP contribution in [-0.4, -0.2) is 18.3 Å². The maximum atomic E-state index is 13.6. The SMILES string of the molecule is COC(=O)C(F)(F)c1ccc(SC(C)C)c(Cl)c1. The molecule has 0 saturated carbocycles. The third-order valence-electron chi connectivity index (χ3n) is 2.10. The number of rotatable bonds is 4. The number of carbonyl (C=O) groups excluding carboxylic acids is 1.